The van der Waals surface area contributed by atoms with Gasteiger partial charge in [-0.05, 0) is 31.4 Å². The molecule has 1 aromatic rings. The molecule has 3 heteroatoms. The lowest BCUT2D eigenvalue weighted by Crippen LogP contribution is -2.20. The number of rotatable bonds is 12. The average Bonchev–Trinajstić information content (AvgIpc) is 2.54. The van der Waals surface area contributed by atoms with Gasteiger partial charge >= 0.3 is 5.97 Å². The molecule has 0 spiro atoms. The highest BCUT2D eigenvalue weighted by Crippen LogP contribution is 2.23. The molecule has 0 aliphatic rings. The molecule has 0 bridgehead atoms. The summed E-state index contributed by atoms with van der Waals surface area (Å²) in [5, 5.41) is 8.98. The molecule has 0 aromatic heterocycles. The number of para-hydroxylation sites is 1. The van der Waals surface area contributed by atoms with Gasteiger partial charge in [0.15, 0.2) is 0 Å². The second kappa shape index (κ2) is 10.9. The van der Waals surface area contributed by atoms with Crippen molar-refractivity contribution >= 4 is 5.97 Å². The van der Waals surface area contributed by atoms with E-state index >= 15 is 0 Å². The van der Waals surface area contributed by atoms with Gasteiger partial charge in [0.25, 0.3) is 0 Å². The molecular formula is C20H30O3. The molecule has 0 aliphatic carbocycles. The first-order valence-electron chi connectivity index (χ1n) is 8.73. The van der Waals surface area contributed by atoms with E-state index in [-0.39, 0.29) is 5.57 Å². The summed E-state index contributed by atoms with van der Waals surface area (Å²) >= 11 is 0. The van der Waals surface area contributed by atoms with Crippen LogP contribution >= 0.6 is 0 Å². The first-order chi connectivity index (χ1) is 11.1. The third-order valence-corrected chi connectivity index (χ3v) is 4.09. The van der Waals surface area contributed by atoms with Crippen LogP contribution < -0.4 is 4.74 Å². The third-order valence-electron chi connectivity index (χ3n) is 4.09. The maximum absolute atomic E-state index is 11.0. The second-order valence-corrected chi connectivity index (χ2v) is 6.07. The molecule has 1 N–H and O–H groups in total. The van der Waals surface area contributed by atoms with E-state index in [0.29, 0.717) is 0 Å². The molecule has 0 amide bonds. The van der Waals surface area contributed by atoms with Crippen molar-refractivity contribution < 1.29 is 14.6 Å². The summed E-state index contributed by atoms with van der Waals surface area (Å²) in [7, 11) is 0. The quantitative estimate of drug-likeness (QED) is 0.415. The van der Waals surface area contributed by atoms with Gasteiger partial charge in [0.2, 0.25) is 0 Å². The van der Waals surface area contributed by atoms with Gasteiger partial charge in [0.1, 0.15) is 11.9 Å². The predicted octanol–water partition coefficient (Wildman–Crippen LogP) is 5.39. The molecule has 1 aromatic carbocycles. The molecule has 0 aliphatic heterocycles. The van der Waals surface area contributed by atoms with Crippen LogP contribution in [0.1, 0.15) is 64.4 Å². The highest BCUT2D eigenvalue weighted by Gasteiger charge is 2.16. The van der Waals surface area contributed by atoms with Gasteiger partial charge in [-0.25, -0.2) is 4.79 Å². The zero-order valence-corrected chi connectivity index (χ0v) is 14.5. The number of unbranched alkanes of at least 4 members (excludes halogenated alkanes) is 6. The maximum Gasteiger partial charge on any atom is 0.334 e. The molecule has 0 radical (unpaired) electrons. The number of hydrogen-bond donors (Lipinski definition) is 1. The van der Waals surface area contributed by atoms with E-state index in [1.165, 1.54) is 38.5 Å². The van der Waals surface area contributed by atoms with Crippen molar-refractivity contribution in [3.63, 3.8) is 0 Å². The van der Waals surface area contributed by atoms with E-state index in [1.54, 1.807) is 6.92 Å². The van der Waals surface area contributed by atoms with Gasteiger partial charge in [-0.3, -0.25) is 0 Å². The number of hydrogen-bond acceptors (Lipinski definition) is 2. The predicted molar refractivity (Wildman–Crippen MR) is 95.0 cm³/mol. The van der Waals surface area contributed by atoms with Crippen LogP contribution in [0.5, 0.6) is 5.75 Å². The molecule has 0 saturated carbocycles. The van der Waals surface area contributed by atoms with Gasteiger partial charge in [-0.1, -0.05) is 70.2 Å². The summed E-state index contributed by atoms with van der Waals surface area (Å²) in [6, 6.07) is 7.88. The van der Waals surface area contributed by atoms with Crippen molar-refractivity contribution in [2.24, 2.45) is 0 Å². The first kappa shape index (κ1) is 19.3. The van der Waals surface area contributed by atoms with Crippen molar-refractivity contribution in [3.05, 3.63) is 42.0 Å². The Morgan fingerprint density at radius 2 is 1.74 bits per heavy atom. The monoisotopic (exact) mass is 318 g/mol. The van der Waals surface area contributed by atoms with Gasteiger partial charge < -0.3 is 9.84 Å². The number of ether oxygens (including phenoxy) is 1. The Kier molecular flexibility index (Phi) is 9.11. The summed E-state index contributed by atoms with van der Waals surface area (Å²) in [4.78, 5) is 11.0. The zero-order valence-electron chi connectivity index (χ0n) is 14.5. The molecule has 0 heterocycles. The van der Waals surface area contributed by atoms with E-state index in [4.69, 9.17) is 9.84 Å². The number of carboxylic acids is 1. The molecule has 1 atom stereocenters. The van der Waals surface area contributed by atoms with Gasteiger partial charge in [-0.2, -0.15) is 0 Å². The number of aliphatic carboxylic acids is 1. The summed E-state index contributed by atoms with van der Waals surface area (Å²) in [6.45, 7) is 7.52. The molecule has 128 valence electrons. The van der Waals surface area contributed by atoms with Crippen molar-refractivity contribution in [3.8, 4) is 5.75 Å². The Labute approximate surface area is 140 Å². The van der Waals surface area contributed by atoms with Crippen molar-refractivity contribution in [2.75, 3.05) is 0 Å². The lowest BCUT2D eigenvalue weighted by Gasteiger charge is -2.17. The normalized spacial score (nSPS) is 11.9. The standard InChI is InChI=1S/C20H30O3/c1-4-5-6-7-8-9-10-13-18-14-11-12-15-19(18)23-17(3)16(2)20(21)22/h11-12,14-15,17H,2,4-10,13H2,1,3H3,(H,21,22). The average molecular weight is 318 g/mol. The Bertz CT molecular complexity index is 493. The highest BCUT2D eigenvalue weighted by atomic mass is 16.5. The van der Waals surface area contributed by atoms with Crippen LogP contribution in [-0.2, 0) is 11.2 Å². The van der Waals surface area contributed by atoms with Crippen LogP contribution in [0.25, 0.3) is 0 Å². The second-order valence-electron chi connectivity index (χ2n) is 6.07. The largest absolute Gasteiger partial charge is 0.485 e. The first-order valence-corrected chi connectivity index (χ1v) is 8.73. The fraction of sp³-hybridized carbons (Fsp3) is 0.550. The van der Waals surface area contributed by atoms with Crippen LogP contribution in [0.15, 0.2) is 36.4 Å². The molecule has 1 unspecified atom stereocenters. The summed E-state index contributed by atoms with van der Waals surface area (Å²) in [5.41, 5.74) is 1.22. The van der Waals surface area contributed by atoms with Gasteiger partial charge in [0.05, 0.1) is 5.57 Å². The van der Waals surface area contributed by atoms with E-state index in [0.717, 1.165) is 24.2 Å². The minimum atomic E-state index is -1.01. The van der Waals surface area contributed by atoms with E-state index in [9.17, 15) is 4.79 Å². The third kappa shape index (κ3) is 7.36. The van der Waals surface area contributed by atoms with Crippen molar-refractivity contribution in [1.82, 2.24) is 0 Å². The van der Waals surface area contributed by atoms with Gasteiger partial charge in [-0.15, -0.1) is 0 Å². The fourth-order valence-corrected chi connectivity index (χ4v) is 2.53. The lowest BCUT2D eigenvalue weighted by atomic mass is 10.0. The molecule has 1 rings (SSSR count). The zero-order chi connectivity index (χ0) is 17.1. The Balaban J connectivity index is 2.44. The van der Waals surface area contributed by atoms with Gasteiger partial charge in [0, 0.05) is 0 Å². The Morgan fingerprint density at radius 1 is 1.13 bits per heavy atom. The molecule has 0 saturated heterocycles. The summed E-state index contributed by atoms with van der Waals surface area (Å²) < 4.78 is 5.80. The maximum atomic E-state index is 11.0. The fourth-order valence-electron chi connectivity index (χ4n) is 2.53. The summed E-state index contributed by atoms with van der Waals surface area (Å²) in [6.07, 6.45) is 9.38. The molecule has 0 fully saturated rings. The SMILES string of the molecule is C=C(C(=O)O)C(C)Oc1ccccc1CCCCCCCCC. The van der Waals surface area contributed by atoms with Crippen LogP contribution in [-0.4, -0.2) is 17.2 Å². The smallest absolute Gasteiger partial charge is 0.334 e. The van der Waals surface area contributed by atoms with Crippen LogP contribution in [0.3, 0.4) is 0 Å². The minimum Gasteiger partial charge on any atom is -0.485 e. The molecule has 23 heavy (non-hydrogen) atoms. The number of benzene rings is 1. The topological polar surface area (TPSA) is 46.5 Å². The number of carbonyl (C=O) groups is 1. The highest BCUT2D eigenvalue weighted by molar-refractivity contribution is 5.86. The minimum absolute atomic E-state index is 0.0794. The van der Waals surface area contributed by atoms with Crippen LogP contribution in [0.4, 0.5) is 0 Å². The summed E-state index contributed by atoms with van der Waals surface area (Å²) in [5.74, 6) is -0.240. The molecule has 3 nitrogen and oxygen atoms in total. The van der Waals surface area contributed by atoms with E-state index in [2.05, 4.69) is 19.6 Å². The Hall–Kier alpha value is -1.77. The Morgan fingerprint density at radius 3 is 2.39 bits per heavy atom. The van der Waals surface area contributed by atoms with Crippen molar-refractivity contribution in [1.29, 1.82) is 0 Å². The van der Waals surface area contributed by atoms with E-state index < -0.39 is 12.1 Å². The van der Waals surface area contributed by atoms with Crippen LogP contribution in [0, 0.1) is 0 Å². The number of carboxylic acid groups (broad SMARTS) is 1. The molecular weight excluding hydrogens is 288 g/mol. The lowest BCUT2D eigenvalue weighted by molar-refractivity contribution is -0.133. The van der Waals surface area contributed by atoms with E-state index in [1.807, 2.05) is 18.2 Å². The van der Waals surface area contributed by atoms with Crippen LogP contribution in [0.2, 0.25) is 0 Å². The number of aryl methyl sites for hydroxylation is 1. The van der Waals surface area contributed by atoms with Crippen molar-refractivity contribution in [2.45, 2.75) is 71.3 Å².